The number of benzene rings is 2. The Hall–Kier alpha value is -3.16. The van der Waals surface area contributed by atoms with Crippen LogP contribution >= 0.6 is 11.6 Å². The third-order valence-corrected chi connectivity index (χ3v) is 5.07. The fourth-order valence-electron chi connectivity index (χ4n) is 3.29. The quantitative estimate of drug-likeness (QED) is 0.316. The van der Waals surface area contributed by atoms with Crippen LogP contribution in [0.15, 0.2) is 60.9 Å². The largest absolute Gasteiger partial charge is 0.487 e. The molecule has 2 heterocycles. The van der Waals surface area contributed by atoms with Crippen LogP contribution in [-0.2, 0) is 24.6 Å². The lowest BCUT2D eigenvalue weighted by molar-refractivity contribution is 0.104. The number of hydrogen-bond acceptors (Lipinski definition) is 4. The summed E-state index contributed by atoms with van der Waals surface area (Å²) in [6.45, 7) is -0.225. The van der Waals surface area contributed by atoms with E-state index in [1.165, 1.54) is 6.07 Å². The lowest BCUT2D eigenvalue weighted by Gasteiger charge is -2.16. The summed E-state index contributed by atoms with van der Waals surface area (Å²) < 4.78 is 44.2. The number of H-pyrrole nitrogens is 1. The van der Waals surface area contributed by atoms with Gasteiger partial charge in [-0.1, -0.05) is 29.8 Å². The van der Waals surface area contributed by atoms with Gasteiger partial charge >= 0.3 is 0 Å². The minimum atomic E-state index is -0.650. The number of pyridine rings is 1. The first-order chi connectivity index (χ1) is 15.7. The number of fused-ring (bicyclic) bond motifs is 1. The summed E-state index contributed by atoms with van der Waals surface area (Å²) in [6.07, 6.45) is 3.58. The number of aromatic amines is 1. The van der Waals surface area contributed by atoms with E-state index in [9.17, 15) is 8.78 Å². The predicted molar refractivity (Wildman–Crippen MR) is 118 cm³/mol. The average Bonchev–Trinajstić information content (AvgIpc) is 3.21. The third kappa shape index (κ3) is 5.18. The maximum atomic E-state index is 14.1. The van der Waals surface area contributed by atoms with Crippen LogP contribution in [0.4, 0.5) is 8.78 Å². The maximum Gasteiger partial charge on any atom is 0.166 e. The summed E-state index contributed by atoms with van der Waals surface area (Å²) in [4.78, 5) is 7.38. The normalized spacial score (nSPS) is 11.1. The molecular weight excluding hydrogens is 438 g/mol. The first kappa shape index (κ1) is 22.0. The Bertz CT molecular complexity index is 1200. The molecule has 0 aliphatic rings. The van der Waals surface area contributed by atoms with Crippen LogP contribution in [0.25, 0.3) is 11.0 Å². The number of para-hydroxylation sites is 1. The van der Waals surface area contributed by atoms with Crippen molar-refractivity contribution in [3.8, 4) is 11.5 Å². The van der Waals surface area contributed by atoms with Crippen molar-refractivity contribution in [3.63, 3.8) is 0 Å². The van der Waals surface area contributed by atoms with Gasteiger partial charge in [-0.3, -0.25) is 0 Å². The molecular formula is C24H21ClF2N2O3. The highest BCUT2D eigenvalue weighted by atomic mass is 35.5. The Kier molecular flexibility index (Phi) is 7.19. The van der Waals surface area contributed by atoms with Gasteiger partial charge in [0, 0.05) is 39.5 Å². The molecule has 5 nitrogen and oxygen atoms in total. The van der Waals surface area contributed by atoms with Crippen molar-refractivity contribution in [1.29, 1.82) is 0 Å². The molecule has 166 valence electrons. The number of halogens is 3. The van der Waals surface area contributed by atoms with Crippen molar-refractivity contribution in [2.45, 2.75) is 19.8 Å². The Labute approximate surface area is 188 Å². The monoisotopic (exact) mass is 458 g/mol. The average molecular weight is 459 g/mol. The minimum Gasteiger partial charge on any atom is -0.487 e. The Balaban J connectivity index is 1.47. The zero-order valence-corrected chi connectivity index (χ0v) is 17.9. The van der Waals surface area contributed by atoms with E-state index in [0.29, 0.717) is 34.3 Å². The molecule has 8 heteroatoms. The molecule has 0 bridgehead atoms. The molecule has 0 amide bonds. The van der Waals surface area contributed by atoms with Crippen LogP contribution in [-0.4, -0.2) is 23.2 Å². The van der Waals surface area contributed by atoms with Crippen LogP contribution in [0.3, 0.4) is 0 Å². The highest BCUT2D eigenvalue weighted by Crippen LogP contribution is 2.33. The topological polar surface area (TPSA) is 56.4 Å². The van der Waals surface area contributed by atoms with E-state index in [1.807, 2.05) is 24.4 Å². The minimum absolute atomic E-state index is 0.0262. The lowest BCUT2D eigenvalue weighted by atomic mass is 10.2. The molecule has 0 aliphatic carbocycles. The molecule has 0 atom stereocenters. The predicted octanol–water partition coefficient (Wildman–Crippen LogP) is 6.00. The number of aromatic nitrogens is 2. The summed E-state index contributed by atoms with van der Waals surface area (Å²) >= 11 is 5.80. The smallest absolute Gasteiger partial charge is 0.166 e. The molecule has 0 fully saturated rings. The molecule has 0 spiro atoms. The molecule has 4 aromatic rings. The molecule has 0 radical (unpaired) electrons. The summed E-state index contributed by atoms with van der Waals surface area (Å²) in [6, 6.07) is 13.5. The van der Waals surface area contributed by atoms with Gasteiger partial charge in [0.05, 0.1) is 13.2 Å². The van der Waals surface area contributed by atoms with Gasteiger partial charge in [-0.2, -0.15) is 0 Å². The second kappa shape index (κ2) is 10.4. The standard InChI is InChI=1S/C24H21ClF2N2O3/c25-19-7-6-16(21(27)11-19)15-32-22-5-1-3-17(23(22)31-10-8-26)13-30-14-18-12-29-24-20(18)4-2-9-28-24/h1-7,9,11-12H,8,10,13-15H2,(H,28,29). The highest BCUT2D eigenvalue weighted by molar-refractivity contribution is 6.30. The number of rotatable bonds is 10. The zero-order chi connectivity index (χ0) is 22.3. The maximum absolute atomic E-state index is 14.1. The van der Waals surface area contributed by atoms with Gasteiger partial charge in [-0.15, -0.1) is 0 Å². The van der Waals surface area contributed by atoms with E-state index in [-0.39, 0.29) is 19.8 Å². The third-order valence-electron chi connectivity index (χ3n) is 4.83. The number of alkyl halides is 1. The van der Waals surface area contributed by atoms with Crippen molar-refractivity contribution < 1.29 is 23.0 Å². The molecule has 0 unspecified atom stereocenters. The van der Waals surface area contributed by atoms with E-state index >= 15 is 0 Å². The number of hydrogen-bond donors (Lipinski definition) is 1. The van der Waals surface area contributed by atoms with Gasteiger partial charge in [0.25, 0.3) is 0 Å². The molecule has 1 N–H and O–H groups in total. The van der Waals surface area contributed by atoms with Crippen LogP contribution < -0.4 is 9.47 Å². The molecule has 2 aromatic heterocycles. The van der Waals surface area contributed by atoms with Crippen molar-refractivity contribution in [1.82, 2.24) is 9.97 Å². The second-order valence-electron chi connectivity index (χ2n) is 7.01. The molecule has 0 saturated heterocycles. The van der Waals surface area contributed by atoms with Gasteiger partial charge in [0.1, 0.15) is 31.4 Å². The van der Waals surface area contributed by atoms with Crippen molar-refractivity contribution >= 4 is 22.6 Å². The SMILES string of the molecule is FCCOc1c(COCc2c[nH]c3ncccc23)cccc1OCc1ccc(Cl)cc1F. The number of nitrogens with zero attached hydrogens (tertiary/aromatic N) is 1. The molecule has 4 rings (SSSR count). The number of ether oxygens (including phenoxy) is 3. The van der Waals surface area contributed by atoms with Crippen LogP contribution in [0, 0.1) is 5.82 Å². The van der Waals surface area contributed by atoms with Crippen LogP contribution in [0.5, 0.6) is 11.5 Å². The van der Waals surface area contributed by atoms with E-state index in [1.54, 1.807) is 30.5 Å². The van der Waals surface area contributed by atoms with Crippen molar-refractivity contribution in [2.75, 3.05) is 13.3 Å². The first-order valence-corrected chi connectivity index (χ1v) is 10.4. The second-order valence-corrected chi connectivity index (χ2v) is 7.45. The van der Waals surface area contributed by atoms with E-state index in [2.05, 4.69) is 9.97 Å². The van der Waals surface area contributed by atoms with Gasteiger partial charge in [-0.05, 0) is 30.3 Å². The molecule has 0 saturated carbocycles. The fourth-order valence-corrected chi connectivity index (χ4v) is 3.45. The van der Waals surface area contributed by atoms with Gasteiger partial charge in [-0.25, -0.2) is 13.8 Å². The first-order valence-electron chi connectivity index (χ1n) is 10.0. The van der Waals surface area contributed by atoms with E-state index < -0.39 is 12.5 Å². The summed E-state index contributed by atoms with van der Waals surface area (Å²) in [7, 11) is 0. The zero-order valence-electron chi connectivity index (χ0n) is 17.1. The lowest BCUT2D eigenvalue weighted by Crippen LogP contribution is -2.06. The van der Waals surface area contributed by atoms with E-state index in [4.69, 9.17) is 25.8 Å². The molecule has 2 aromatic carbocycles. The fraction of sp³-hybridized carbons (Fsp3) is 0.208. The van der Waals surface area contributed by atoms with Crippen LogP contribution in [0.2, 0.25) is 5.02 Å². The molecule has 0 aliphatic heterocycles. The Morgan fingerprint density at radius 1 is 0.938 bits per heavy atom. The van der Waals surface area contributed by atoms with Gasteiger partial charge < -0.3 is 19.2 Å². The molecule has 32 heavy (non-hydrogen) atoms. The van der Waals surface area contributed by atoms with Crippen molar-refractivity contribution in [3.05, 3.63) is 88.5 Å². The van der Waals surface area contributed by atoms with E-state index in [0.717, 1.165) is 16.6 Å². The van der Waals surface area contributed by atoms with Gasteiger partial charge in [0.15, 0.2) is 11.5 Å². The highest BCUT2D eigenvalue weighted by Gasteiger charge is 2.14. The summed E-state index contributed by atoms with van der Waals surface area (Å²) in [5, 5.41) is 1.30. The summed E-state index contributed by atoms with van der Waals surface area (Å²) in [5.74, 6) is 0.293. The summed E-state index contributed by atoms with van der Waals surface area (Å²) in [5.41, 5.74) is 2.82. The number of nitrogens with one attached hydrogen (secondary N) is 1. The Morgan fingerprint density at radius 2 is 1.81 bits per heavy atom. The van der Waals surface area contributed by atoms with Crippen molar-refractivity contribution in [2.24, 2.45) is 0 Å². The Morgan fingerprint density at radius 3 is 2.66 bits per heavy atom. The van der Waals surface area contributed by atoms with Crippen LogP contribution in [0.1, 0.15) is 16.7 Å². The van der Waals surface area contributed by atoms with Gasteiger partial charge in [0.2, 0.25) is 0 Å².